The van der Waals surface area contributed by atoms with E-state index in [0.717, 1.165) is 47.5 Å². The number of aromatic nitrogens is 3. The zero-order chi connectivity index (χ0) is 58.0. The first-order chi connectivity index (χ1) is 38.9. The van der Waals surface area contributed by atoms with Crippen molar-refractivity contribution < 1.29 is 41.8 Å². The lowest BCUT2D eigenvalue weighted by atomic mass is 10.1. The molecule has 16 nitrogen and oxygen atoms in total. The smallest absolute Gasteiger partial charge is 0.247 e. The summed E-state index contributed by atoms with van der Waals surface area (Å²) in [7, 11) is -5.70. The van der Waals surface area contributed by atoms with Crippen LogP contribution in [0.5, 0.6) is 17.2 Å². The van der Waals surface area contributed by atoms with Crippen molar-refractivity contribution in [2.24, 2.45) is 5.73 Å². The third kappa shape index (κ3) is 18.8. The molecule has 1 fully saturated rings. The Morgan fingerprint density at radius 2 is 0.889 bits per heavy atom. The monoisotopic (exact) mass is 1150 g/mol. The van der Waals surface area contributed by atoms with Crippen molar-refractivity contribution >= 4 is 38.4 Å². The summed E-state index contributed by atoms with van der Waals surface area (Å²) in [6.45, 7) is 13.1. The van der Waals surface area contributed by atoms with E-state index < -0.39 is 22.1 Å². The molecule has 426 valence electrons. The second kappa shape index (κ2) is 29.5. The highest BCUT2D eigenvalue weighted by atomic mass is 31.2. The predicted molar refractivity (Wildman–Crippen MR) is 322 cm³/mol. The Morgan fingerprint density at radius 1 is 0.519 bits per heavy atom. The molecule has 0 saturated carbocycles. The van der Waals surface area contributed by atoms with E-state index in [4.69, 9.17) is 43.9 Å². The fourth-order valence-corrected chi connectivity index (χ4v) is 12.5. The molecule has 6 aromatic rings. The number of hydrogen-bond acceptors (Lipinski definition) is 15. The molecule has 0 bridgehead atoms. The molecule has 4 heterocycles. The van der Waals surface area contributed by atoms with Crippen molar-refractivity contribution in [2.75, 3.05) is 93.8 Å². The first kappa shape index (κ1) is 62.2. The number of nitrogens with two attached hydrogens (primary N) is 1. The maximum Gasteiger partial charge on any atom is 0.247 e. The van der Waals surface area contributed by atoms with E-state index >= 15 is 0 Å². The summed E-state index contributed by atoms with van der Waals surface area (Å²) < 4.78 is 69.5. The normalized spacial score (nSPS) is 16.4. The molecule has 0 amide bonds. The Bertz CT molecular complexity index is 3430. The largest absolute Gasteiger partial charge is 0.497 e. The van der Waals surface area contributed by atoms with E-state index in [1.54, 1.807) is 52.9 Å². The van der Waals surface area contributed by atoms with Crippen LogP contribution in [-0.4, -0.2) is 134 Å². The van der Waals surface area contributed by atoms with E-state index in [1.807, 2.05) is 105 Å². The number of rotatable bonds is 20. The van der Waals surface area contributed by atoms with Gasteiger partial charge in [0, 0.05) is 112 Å². The Labute approximate surface area is 478 Å². The number of hydrogen-bond donors (Lipinski definition) is 2. The highest BCUT2D eigenvalue weighted by Crippen LogP contribution is 2.41. The van der Waals surface area contributed by atoms with E-state index in [0.29, 0.717) is 109 Å². The lowest BCUT2D eigenvalue weighted by Crippen LogP contribution is -2.45. The van der Waals surface area contributed by atoms with Gasteiger partial charge >= 0.3 is 0 Å². The third-order valence-electron chi connectivity index (χ3n) is 13.5. The molecule has 1 aliphatic rings. The lowest BCUT2D eigenvalue weighted by molar-refractivity contribution is 0.126. The molecular formula is C62H74N7O9P3. The highest BCUT2D eigenvalue weighted by molar-refractivity contribution is 7.66. The summed E-state index contributed by atoms with van der Waals surface area (Å²) in [6.07, 6.45) is 2.45. The van der Waals surface area contributed by atoms with Gasteiger partial charge in [-0.15, -0.1) is 0 Å². The minimum atomic E-state index is -3.84. The van der Waals surface area contributed by atoms with Crippen LogP contribution in [-0.2, 0) is 42.4 Å². The van der Waals surface area contributed by atoms with Gasteiger partial charge < -0.3 is 33.9 Å². The van der Waals surface area contributed by atoms with Gasteiger partial charge in [0.1, 0.15) is 33.6 Å². The summed E-state index contributed by atoms with van der Waals surface area (Å²) in [4.78, 5) is 33.0. The minimum Gasteiger partial charge on any atom is -0.497 e. The Hall–Kier alpha value is -6.40. The van der Waals surface area contributed by atoms with Gasteiger partial charge in [0.05, 0.1) is 51.6 Å². The fourth-order valence-electron chi connectivity index (χ4n) is 9.21. The molecule has 3 N–H and O–H groups in total. The second-order valence-corrected chi connectivity index (χ2v) is 26.9. The van der Waals surface area contributed by atoms with Gasteiger partial charge in [-0.1, -0.05) is 41.9 Å². The van der Waals surface area contributed by atoms with Gasteiger partial charge in [0.2, 0.25) is 22.1 Å². The molecule has 7 rings (SSSR count). The number of benzene rings is 3. The second-order valence-electron chi connectivity index (χ2n) is 19.9. The maximum atomic E-state index is 14.2. The van der Waals surface area contributed by atoms with E-state index in [9.17, 15) is 18.6 Å². The SMILES string of the molecule is CCOP(C)(=O)c1cc(C#Cc2ccc(OC)cc2)cc(CN2CCN(Cc3cc(C#Cc4ccc(OC)cc4)cc(P(C)(=O)OCC)n3)C[C@H](CCCCN)N(Cc3cc(C#Cc4ccc(OC)cc4)cc(P(C)(=O)O)n3)CC2)n1. The number of unbranched alkanes of at least 4 members (excludes halogenated alkanes) is 1. The van der Waals surface area contributed by atoms with Crippen LogP contribution in [0.2, 0.25) is 0 Å². The summed E-state index contributed by atoms with van der Waals surface area (Å²) in [6, 6.07) is 33.2. The summed E-state index contributed by atoms with van der Waals surface area (Å²) in [5, 5.41) is 0. The summed E-state index contributed by atoms with van der Waals surface area (Å²) in [5.41, 5.74) is 13.0. The van der Waals surface area contributed by atoms with Gasteiger partial charge in [0.15, 0.2) is 0 Å². The van der Waals surface area contributed by atoms with Crippen LogP contribution in [0.15, 0.2) is 109 Å². The molecule has 4 atom stereocenters. The average molecular weight is 1150 g/mol. The molecule has 1 aliphatic heterocycles. The molecule has 0 spiro atoms. The molecule has 19 heteroatoms. The van der Waals surface area contributed by atoms with E-state index in [1.165, 1.54) is 6.66 Å². The van der Waals surface area contributed by atoms with Crippen molar-refractivity contribution in [3.63, 3.8) is 0 Å². The molecule has 3 aromatic carbocycles. The van der Waals surface area contributed by atoms with Crippen molar-refractivity contribution in [1.82, 2.24) is 29.7 Å². The van der Waals surface area contributed by atoms with Gasteiger partial charge in [-0.25, -0.2) is 15.0 Å². The van der Waals surface area contributed by atoms with Crippen molar-refractivity contribution in [2.45, 2.75) is 58.8 Å². The molecule has 81 heavy (non-hydrogen) atoms. The van der Waals surface area contributed by atoms with Crippen LogP contribution in [0.1, 0.15) is 83.6 Å². The molecule has 0 aliphatic carbocycles. The van der Waals surface area contributed by atoms with E-state index in [2.05, 4.69) is 50.2 Å². The topological polar surface area (TPSA) is 192 Å². The van der Waals surface area contributed by atoms with Gasteiger partial charge in [-0.3, -0.25) is 28.4 Å². The maximum absolute atomic E-state index is 14.2. The highest BCUT2D eigenvalue weighted by Gasteiger charge is 2.29. The molecule has 3 aromatic heterocycles. The van der Waals surface area contributed by atoms with Gasteiger partial charge in [0.25, 0.3) is 0 Å². The van der Waals surface area contributed by atoms with Gasteiger partial charge in [-0.2, -0.15) is 0 Å². The van der Waals surface area contributed by atoms with Crippen LogP contribution >= 0.6 is 22.1 Å². The molecule has 0 radical (unpaired) electrons. The summed E-state index contributed by atoms with van der Waals surface area (Å²) in [5.74, 6) is 21.7. The third-order valence-corrected chi connectivity index (χ3v) is 18.2. The van der Waals surface area contributed by atoms with Crippen LogP contribution in [0.4, 0.5) is 0 Å². The number of methoxy groups -OCH3 is 3. The van der Waals surface area contributed by atoms with Crippen LogP contribution in [0.3, 0.4) is 0 Å². The van der Waals surface area contributed by atoms with Crippen molar-refractivity contribution in [3.8, 4) is 52.8 Å². The van der Waals surface area contributed by atoms with Crippen LogP contribution < -0.4 is 36.2 Å². The molecule has 3 unspecified atom stereocenters. The van der Waals surface area contributed by atoms with Gasteiger partial charge in [-0.05, 0) is 142 Å². The summed E-state index contributed by atoms with van der Waals surface area (Å²) >= 11 is 0. The number of ether oxygens (including phenoxy) is 3. The fraction of sp³-hybridized carbons (Fsp3) is 0.371. The first-order valence-corrected chi connectivity index (χ1v) is 33.3. The minimum absolute atomic E-state index is 0.0602. The lowest BCUT2D eigenvalue weighted by Gasteiger charge is -2.35. The Morgan fingerprint density at radius 3 is 1.30 bits per heavy atom. The number of nitrogens with zero attached hydrogens (tertiary/aromatic N) is 6. The van der Waals surface area contributed by atoms with Crippen molar-refractivity contribution in [1.29, 1.82) is 0 Å². The Kier molecular flexibility index (Phi) is 22.7. The zero-order valence-corrected chi connectivity index (χ0v) is 50.4. The Balaban J connectivity index is 1.31. The molecular weight excluding hydrogens is 1080 g/mol. The van der Waals surface area contributed by atoms with E-state index in [-0.39, 0.29) is 24.7 Å². The quantitative estimate of drug-likeness (QED) is 0.0423. The van der Waals surface area contributed by atoms with Crippen molar-refractivity contribution in [3.05, 3.63) is 160 Å². The number of pyridine rings is 3. The average Bonchev–Trinajstić information content (AvgIpc) is 3.56. The predicted octanol–water partition coefficient (Wildman–Crippen LogP) is 8.08. The van der Waals surface area contributed by atoms with Crippen LogP contribution in [0.25, 0.3) is 0 Å². The zero-order valence-electron chi connectivity index (χ0n) is 47.7. The first-order valence-electron chi connectivity index (χ1n) is 27.0. The van der Waals surface area contributed by atoms with Crippen LogP contribution in [0, 0.1) is 35.5 Å². The molecule has 1 saturated heterocycles. The standard InChI is InChI=1S/C62H74N7O9P3/c1-9-77-80(7,72)61-41-51(18-15-48-22-28-58(75-4)29-23-48)37-53(65-61)43-67-33-34-68(44-54-38-52(42-62(66-54)81(8,73)78-10-2)19-16-49-24-30-59(76-5)31-25-49)46-56(13-11-12-32-63)69(36-35-67)45-55-39-50(40-60(64-55)79(6,70)71)17-14-47-20-26-57(74-3)27-21-47/h20-31,37-42,56H,9-13,32-36,43-46,63H2,1-8H3,(H,70,71)/t56-,80?,81?/m0/s1.